The molecule has 154 valence electrons. The number of methoxy groups -OCH3 is 1. The van der Waals surface area contributed by atoms with Crippen LogP contribution in [0.4, 0.5) is 5.69 Å². The van der Waals surface area contributed by atoms with E-state index >= 15 is 0 Å². The van der Waals surface area contributed by atoms with E-state index in [1.807, 2.05) is 12.1 Å². The summed E-state index contributed by atoms with van der Waals surface area (Å²) in [4.78, 5) is 39.7. The van der Waals surface area contributed by atoms with Crippen molar-refractivity contribution in [2.75, 3.05) is 19.0 Å². The average molecular weight is 444 g/mol. The second kappa shape index (κ2) is 10.00. The molecule has 3 rings (SSSR count). The molecule has 0 fully saturated rings. The molecule has 2 amide bonds. The molecule has 9 heteroatoms. The third kappa shape index (κ3) is 5.88. The number of halogens is 1. The SMILES string of the molecule is COC(=O)CNC(=O)Cc1ccc(NC(=O)c2csc(-c3ccc(Cl)cc3)n2)cc1. The van der Waals surface area contributed by atoms with Gasteiger partial charge in [-0.3, -0.25) is 14.4 Å². The summed E-state index contributed by atoms with van der Waals surface area (Å²) in [6, 6.07) is 14.1. The maximum Gasteiger partial charge on any atom is 0.325 e. The van der Waals surface area contributed by atoms with Crippen LogP contribution >= 0.6 is 22.9 Å². The summed E-state index contributed by atoms with van der Waals surface area (Å²) in [5.41, 5.74) is 2.53. The highest BCUT2D eigenvalue weighted by Gasteiger charge is 2.13. The molecule has 0 aliphatic heterocycles. The molecule has 1 aromatic heterocycles. The zero-order chi connectivity index (χ0) is 21.5. The number of anilines is 1. The molecule has 7 nitrogen and oxygen atoms in total. The number of nitrogens with one attached hydrogen (secondary N) is 2. The van der Waals surface area contributed by atoms with Crippen LogP contribution in [-0.4, -0.2) is 36.4 Å². The number of rotatable bonds is 7. The van der Waals surface area contributed by atoms with Crippen LogP contribution in [0, 0.1) is 0 Å². The van der Waals surface area contributed by atoms with Crippen LogP contribution in [0.15, 0.2) is 53.9 Å². The molecule has 0 aliphatic rings. The third-order valence-electron chi connectivity index (χ3n) is 4.06. The highest BCUT2D eigenvalue weighted by atomic mass is 35.5. The Morgan fingerprint density at radius 3 is 2.43 bits per heavy atom. The lowest BCUT2D eigenvalue weighted by Gasteiger charge is -2.06. The van der Waals surface area contributed by atoms with Crippen LogP contribution < -0.4 is 10.6 Å². The van der Waals surface area contributed by atoms with E-state index in [1.54, 1.807) is 41.8 Å². The van der Waals surface area contributed by atoms with Crippen LogP contribution in [0.2, 0.25) is 5.02 Å². The van der Waals surface area contributed by atoms with Crippen molar-refractivity contribution in [1.29, 1.82) is 0 Å². The molecule has 0 radical (unpaired) electrons. The number of esters is 1. The van der Waals surface area contributed by atoms with Gasteiger partial charge in [-0.15, -0.1) is 11.3 Å². The van der Waals surface area contributed by atoms with E-state index in [-0.39, 0.29) is 24.8 Å². The first-order valence-corrected chi connectivity index (χ1v) is 10.2. The molecule has 3 aromatic rings. The normalized spacial score (nSPS) is 10.3. The van der Waals surface area contributed by atoms with Gasteiger partial charge >= 0.3 is 5.97 Å². The van der Waals surface area contributed by atoms with Crippen molar-refractivity contribution in [3.05, 3.63) is 70.2 Å². The minimum Gasteiger partial charge on any atom is -0.468 e. The van der Waals surface area contributed by atoms with E-state index in [1.165, 1.54) is 18.4 Å². The summed E-state index contributed by atoms with van der Waals surface area (Å²) in [5, 5.41) is 8.31. The maximum atomic E-state index is 12.5. The van der Waals surface area contributed by atoms with Gasteiger partial charge in [0.05, 0.1) is 13.5 Å². The van der Waals surface area contributed by atoms with E-state index in [9.17, 15) is 14.4 Å². The van der Waals surface area contributed by atoms with Gasteiger partial charge in [0, 0.05) is 21.7 Å². The Hall–Kier alpha value is -3.23. The van der Waals surface area contributed by atoms with Crippen LogP contribution in [0.5, 0.6) is 0 Å². The number of hydrogen-bond donors (Lipinski definition) is 2. The van der Waals surface area contributed by atoms with Crippen LogP contribution in [-0.2, 0) is 20.7 Å². The van der Waals surface area contributed by atoms with Crippen molar-refractivity contribution < 1.29 is 19.1 Å². The highest BCUT2D eigenvalue weighted by molar-refractivity contribution is 7.13. The van der Waals surface area contributed by atoms with Gasteiger partial charge in [0.1, 0.15) is 17.2 Å². The fourth-order valence-corrected chi connectivity index (χ4v) is 3.43. The molecule has 1 heterocycles. The van der Waals surface area contributed by atoms with Gasteiger partial charge in [0.25, 0.3) is 5.91 Å². The van der Waals surface area contributed by atoms with Crippen molar-refractivity contribution in [1.82, 2.24) is 10.3 Å². The van der Waals surface area contributed by atoms with Crippen molar-refractivity contribution >= 4 is 46.4 Å². The highest BCUT2D eigenvalue weighted by Crippen LogP contribution is 2.25. The van der Waals surface area contributed by atoms with Crippen LogP contribution in [0.1, 0.15) is 16.1 Å². The van der Waals surface area contributed by atoms with Gasteiger partial charge in [-0.25, -0.2) is 4.98 Å². The molecule has 0 saturated heterocycles. The summed E-state index contributed by atoms with van der Waals surface area (Å²) in [6.07, 6.45) is 0.113. The molecule has 2 aromatic carbocycles. The van der Waals surface area contributed by atoms with Gasteiger partial charge < -0.3 is 15.4 Å². The van der Waals surface area contributed by atoms with E-state index in [0.717, 1.165) is 16.1 Å². The number of aromatic nitrogens is 1. The summed E-state index contributed by atoms with van der Waals surface area (Å²) in [6.45, 7) is -0.172. The number of hydrogen-bond acceptors (Lipinski definition) is 6. The number of benzene rings is 2. The van der Waals surface area contributed by atoms with E-state index in [0.29, 0.717) is 16.4 Å². The zero-order valence-corrected chi connectivity index (χ0v) is 17.5. The molecular formula is C21H18ClN3O4S. The predicted molar refractivity (Wildman–Crippen MR) is 116 cm³/mol. The third-order valence-corrected chi connectivity index (χ3v) is 5.21. The number of nitrogens with zero attached hydrogens (tertiary/aromatic N) is 1. The van der Waals surface area contributed by atoms with Crippen LogP contribution in [0.3, 0.4) is 0 Å². The summed E-state index contributed by atoms with van der Waals surface area (Å²) >= 11 is 7.27. The fraction of sp³-hybridized carbons (Fsp3) is 0.143. The molecule has 0 atom stereocenters. The quantitative estimate of drug-likeness (QED) is 0.544. The van der Waals surface area contributed by atoms with Crippen LogP contribution in [0.25, 0.3) is 10.6 Å². The molecule has 2 N–H and O–H groups in total. The Morgan fingerprint density at radius 1 is 1.07 bits per heavy atom. The van der Waals surface area contributed by atoms with Gasteiger partial charge in [-0.2, -0.15) is 0 Å². The number of carbonyl (C=O) groups is 3. The largest absolute Gasteiger partial charge is 0.468 e. The fourth-order valence-electron chi connectivity index (χ4n) is 2.49. The smallest absolute Gasteiger partial charge is 0.325 e. The molecule has 0 spiro atoms. The predicted octanol–water partition coefficient (Wildman–Crippen LogP) is 3.55. The van der Waals surface area contributed by atoms with Gasteiger partial charge in [0.2, 0.25) is 5.91 Å². The van der Waals surface area contributed by atoms with E-state index in [2.05, 4.69) is 20.4 Å². The lowest BCUT2D eigenvalue weighted by molar-refractivity contribution is -0.141. The zero-order valence-electron chi connectivity index (χ0n) is 16.0. The van der Waals surface area contributed by atoms with Gasteiger partial charge in [-0.05, 0) is 29.8 Å². The number of ether oxygens (including phenoxy) is 1. The number of amides is 2. The summed E-state index contributed by atoms with van der Waals surface area (Å²) in [7, 11) is 1.26. The minimum atomic E-state index is -0.511. The van der Waals surface area contributed by atoms with Gasteiger partial charge in [0.15, 0.2) is 0 Å². The molecular weight excluding hydrogens is 426 g/mol. The van der Waals surface area contributed by atoms with Crippen molar-refractivity contribution in [2.45, 2.75) is 6.42 Å². The molecule has 30 heavy (non-hydrogen) atoms. The number of carbonyl (C=O) groups excluding carboxylic acids is 3. The lowest BCUT2D eigenvalue weighted by Crippen LogP contribution is -2.31. The summed E-state index contributed by atoms with van der Waals surface area (Å²) in [5.74, 6) is -1.13. The first-order valence-electron chi connectivity index (χ1n) is 8.90. The van der Waals surface area contributed by atoms with Crippen molar-refractivity contribution in [3.8, 4) is 10.6 Å². The number of thiazole rings is 1. The average Bonchev–Trinajstić information content (AvgIpc) is 3.24. The monoisotopic (exact) mass is 443 g/mol. The first-order chi connectivity index (χ1) is 14.4. The lowest BCUT2D eigenvalue weighted by atomic mass is 10.1. The Morgan fingerprint density at radius 2 is 1.77 bits per heavy atom. The van der Waals surface area contributed by atoms with E-state index < -0.39 is 5.97 Å². The first kappa shape index (κ1) is 21.5. The molecule has 0 saturated carbocycles. The van der Waals surface area contributed by atoms with E-state index in [4.69, 9.17) is 11.6 Å². The second-order valence-electron chi connectivity index (χ2n) is 6.23. The molecule has 0 aliphatic carbocycles. The molecule has 0 bridgehead atoms. The standard InChI is InChI=1S/C21H18ClN3O4S/c1-29-19(27)11-23-18(26)10-13-2-8-16(9-3-13)24-20(28)17-12-30-21(25-17)14-4-6-15(22)7-5-14/h2-9,12H,10-11H2,1H3,(H,23,26)(H,24,28). The van der Waals surface area contributed by atoms with Gasteiger partial charge in [-0.1, -0.05) is 35.9 Å². The van der Waals surface area contributed by atoms with Crippen molar-refractivity contribution in [2.24, 2.45) is 0 Å². The topological polar surface area (TPSA) is 97.4 Å². The summed E-state index contributed by atoms with van der Waals surface area (Å²) < 4.78 is 4.47. The Bertz CT molecular complexity index is 1050. The Balaban J connectivity index is 1.56. The Kier molecular flexibility index (Phi) is 7.16. The Labute approximate surface area is 182 Å². The minimum absolute atomic E-state index is 0.113. The maximum absolute atomic E-state index is 12.5. The van der Waals surface area contributed by atoms with Crippen molar-refractivity contribution in [3.63, 3.8) is 0 Å². The molecule has 0 unspecified atom stereocenters. The second-order valence-corrected chi connectivity index (χ2v) is 7.52.